The fourth-order valence-corrected chi connectivity index (χ4v) is 2.58. The lowest BCUT2D eigenvalue weighted by atomic mass is 10.2. The van der Waals surface area contributed by atoms with E-state index < -0.39 is 17.5 Å². The zero-order valence-corrected chi connectivity index (χ0v) is 14.5. The lowest BCUT2D eigenvalue weighted by molar-refractivity contribution is -0.116. The number of hydrogen-bond acceptors (Lipinski definition) is 2. The summed E-state index contributed by atoms with van der Waals surface area (Å²) >= 11 is 9.24. The van der Waals surface area contributed by atoms with Crippen molar-refractivity contribution in [3.05, 3.63) is 63.1 Å². The fraction of sp³-hybridized carbons (Fsp3) is 0.125. The van der Waals surface area contributed by atoms with Crippen molar-refractivity contribution in [2.45, 2.75) is 6.42 Å². The highest BCUT2D eigenvalue weighted by atomic mass is 79.9. The van der Waals surface area contributed by atoms with Gasteiger partial charge in [0.05, 0.1) is 16.3 Å². The molecule has 2 aromatic rings. The van der Waals surface area contributed by atoms with Crippen LogP contribution in [0, 0.1) is 11.6 Å². The van der Waals surface area contributed by atoms with Crippen molar-refractivity contribution < 1.29 is 18.4 Å². The molecule has 0 fully saturated rings. The summed E-state index contributed by atoms with van der Waals surface area (Å²) < 4.78 is 27.0. The molecule has 0 unspecified atom stereocenters. The van der Waals surface area contributed by atoms with Gasteiger partial charge >= 0.3 is 0 Å². The topological polar surface area (TPSA) is 58.2 Å². The standard InChI is InChI=1S/C16H12BrClF2N2O2/c17-9-1-4-14(12(18)7-9)22-15(23)5-6-21-16(24)11-3-2-10(19)8-13(11)20/h1-4,7-8H,5-6H2,(H,21,24)(H,22,23). The lowest BCUT2D eigenvalue weighted by Gasteiger charge is -2.09. The minimum absolute atomic E-state index is 0.00434. The van der Waals surface area contributed by atoms with Crippen molar-refractivity contribution in [3.63, 3.8) is 0 Å². The van der Waals surface area contributed by atoms with Gasteiger partial charge in [0.2, 0.25) is 5.91 Å². The molecule has 24 heavy (non-hydrogen) atoms. The molecule has 0 atom stereocenters. The summed E-state index contributed by atoms with van der Waals surface area (Å²) in [5.74, 6) is -2.81. The number of benzene rings is 2. The zero-order valence-electron chi connectivity index (χ0n) is 12.2. The monoisotopic (exact) mass is 416 g/mol. The average Bonchev–Trinajstić information content (AvgIpc) is 2.50. The Bertz CT molecular complexity index is 787. The zero-order chi connectivity index (χ0) is 17.7. The van der Waals surface area contributed by atoms with Crippen molar-refractivity contribution in [2.24, 2.45) is 0 Å². The first-order chi connectivity index (χ1) is 11.4. The molecule has 0 saturated carbocycles. The Morgan fingerprint density at radius 1 is 1.12 bits per heavy atom. The van der Waals surface area contributed by atoms with Crippen LogP contribution in [0.15, 0.2) is 40.9 Å². The normalized spacial score (nSPS) is 10.3. The van der Waals surface area contributed by atoms with Crippen LogP contribution in [0.3, 0.4) is 0 Å². The lowest BCUT2D eigenvalue weighted by Crippen LogP contribution is -2.28. The number of carbonyl (C=O) groups excluding carboxylic acids is 2. The third-order valence-corrected chi connectivity index (χ3v) is 3.82. The summed E-state index contributed by atoms with van der Waals surface area (Å²) in [7, 11) is 0. The quantitative estimate of drug-likeness (QED) is 0.768. The molecule has 2 rings (SSSR count). The maximum Gasteiger partial charge on any atom is 0.254 e. The van der Waals surface area contributed by atoms with Gasteiger partial charge in [-0.1, -0.05) is 27.5 Å². The number of halogens is 4. The second-order valence-corrected chi connectivity index (χ2v) is 6.13. The molecule has 2 N–H and O–H groups in total. The highest BCUT2D eigenvalue weighted by Crippen LogP contribution is 2.25. The average molecular weight is 418 g/mol. The first-order valence-corrected chi connectivity index (χ1v) is 8.02. The van der Waals surface area contributed by atoms with Gasteiger partial charge < -0.3 is 10.6 Å². The highest BCUT2D eigenvalue weighted by molar-refractivity contribution is 9.10. The molecule has 0 aliphatic rings. The van der Waals surface area contributed by atoms with Crippen LogP contribution in [-0.4, -0.2) is 18.4 Å². The molecule has 4 nitrogen and oxygen atoms in total. The van der Waals surface area contributed by atoms with E-state index in [1.54, 1.807) is 18.2 Å². The molecule has 0 aliphatic carbocycles. The molecule has 0 radical (unpaired) electrons. The van der Waals surface area contributed by atoms with Gasteiger partial charge in [0.15, 0.2) is 0 Å². The van der Waals surface area contributed by atoms with Crippen molar-refractivity contribution >= 4 is 45.0 Å². The van der Waals surface area contributed by atoms with Crippen molar-refractivity contribution in [3.8, 4) is 0 Å². The molecular weight excluding hydrogens is 406 g/mol. The first-order valence-electron chi connectivity index (χ1n) is 6.85. The maximum atomic E-state index is 13.5. The van der Waals surface area contributed by atoms with Crippen LogP contribution in [0.1, 0.15) is 16.8 Å². The van der Waals surface area contributed by atoms with Crippen LogP contribution >= 0.6 is 27.5 Å². The maximum absolute atomic E-state index is 13.5. The Morgan fingerprint density at radius 3 is 2.54 bits per heavy atom. The van der Waals surface area contributed by atoms with E-state index in [1.807, 2.05) is 0 Å². The van der Waals surface area contributed by atoms with Crippen LogP contribution in [0.25, 0.3) is 0 Å². The SMILES string of the molecule is O=C(CCNC(=O)c1ccc(F)cc1F)Nc1ccc(Br)cc1Cl. The Morgan fingerprint density at radius 2 is 1.88 bits per heavy atom. The van der Waals surface area contributed by atoms with E-state index in [4.69, 9.17) is 11.6 Å². The molecule has 2 aromatic carbocycles. The fourth-order valence-electron chi connectivity index (χ4n) is 1.86. The highest BCUT2D eigenvalue weighted by Gasteiger charge is 2.13. The molecular formula is C16H12BrClF2N2O2. The number of nitrogens with one attached hydrogen (secondary N) is 2. The number of amides is 2. The minimum atomic E-state index is -0.960. The van der Waals surface area contributed by atoms with E-state index in [0.717, 1.165) is 16.6 Å². The summed E-state index contributed by atoms with van der Waals surface area (Å²) in [5, 5.41) is 5.37. The third kappa shape index (κ3) is 5.01. The van der Waals surface area contributed by atoms with Crippen molar-refractivity contribution in [1.29, 1.82) is 0 Å². The van der Waals surface area contributed by atoms with Crippen LogP contribution in [0.4, 0.5) is 14.5 Å². The van der Waals surface area contributed by atoms with E-state index in [0.29, 0.717) is 16.8 Å². The molecule has 0 aliphatic heterocycles. The van der Waals surface area contributed by atoms with Crippen LogP contribution < -0.4 is 10.6 Å². The van der Waals surface area contributed by atoms with E-state index in [1.165, 1.54) is 0 Å². The van der Waals surface area contributed by atoms with Crippen LogP contribution in [0.2, 0.25) is 5.02 Å². The molecule has 0 bridgehead atoms. The van der Waals surface area contributed by atoms with Gasteiger partial charge in [0.1, 0.15) is 11.6 Å². The molecule has 0 aromatic heterocycles. The van der Waals surface area contributed by atoms with Crippen LogP contribution in [0.5, 0.6) is 0 Å². The van der Waals surface area contributed by atoms with Crippen molar-refractivity contribution in [2.75, 3.05) is 11.9 Å². The second kappa shape index (κ2) is 8.21. The molecule has 8 heteroatoms. The Kier molecular flexibility index (Phi) is 6.28. The summed E-state index contributed by atoms with van der Waals surface area (Å²) in [5.41, 5.74) is 0.161. The largest absolute Gasteiger partial charge is 0.351 e. The van der Waals surface area contributed by atoms with Gasteiger partial charge in [-0.3, -0.25) is 9.59 Å². The minimum Gasteiger partial charge on any atom is -0.351 e. The predicted molar refractivity (Wildman–Crippen MR) is 91.1 cm³/mol. The van der Waals surface area contributed by atoms with E-state index in [-0.39, 0.29) is 24.4 Å². The predicted octanol–water partition coefficient (Wildman–Crippen LogP) is 4.14. The van der Waals surface area contributed by atoms with E-state index in [9.17, 15) is 18.4 Å². The Labute approximate surface area is 150 Å². The smallest absolute Gasteiger partial charge is 0.254 e. The van der Waals surface area contributed by atoms with Gasteiger partial charge in [0.25, 0.3) is 5.91 Å². The Balaban J connectivity index is 1.85. The summed E-state index contributed by atoms with van der Waals surface area (Å²) in [4.78, 5) is 23.6. The number of rotatable bonds is 5. The Hall–Kier alpha value is -1.99. The van der Waals surface area contributed by atoms with E-state index >= 15 is 0 Å². The van der Waals surface area contributed by atoms with E-state index in [2.05, 4.69) is 26.6 Å². The molecule has 0 saturated heterocycles. The van der Waals surface area contributed by atoms with Gasteiger partial charge in [-0.15, -0.1) is 0 Å². The summed E-state index contributed by atoms with van der Waals surface area (Å²) in [6, 6.07) is 7.65. The number of carbonyl (C=O) groups is 2. The molecule has 2 amide bonds. The van der Waals surface area contributed by atoms with Gasteiger partial charge in [-0.2, -0.15) is 0 Å². The molecule has 126 valence electrons. The number of anilines is 1. The third-order valence-electron chi connectivity index (χ3n) is 3.02. The van der Waals surface area contributed by atoms with Gasteiger partial charge in [0, 0.05) is 23.5 Å². The summed E-state index contributed by atoms with van der Waals surface area (Å²) in [6.45, 7) is -0.00434. The number of hydrogen-bond donors (Lipinski definition) is 2. The van der Waals surface area contributed by atoms with Crippen molar-refractivity contribution in [1.82, 2.24) is 5.32 Å². The summed E-state index contributed by atoms with van der Waals surface area (Å²) in [6.07, 6.45) is -0.0268. The molecule has 0 heterocycles. The first kappa shape index (κ1) is 18.4. The van der Waals surface area contributed by atoms with Gasteiger partial charge in [-0.25, -0.2) is 8.78 Å². The molecule has 0 spiro atoms. The second-order valence-electron chi connectivity index (χ2n) is 4.80. The van der Waals surface area contributed by atoms with Crippen LogP contribution in [-0.2, 0) is 4.79 Å². The van der Waals surface area contributed by atoms with Gasteiger partial charge in [-0.05, 0) is 30.3 Å².